The van der Waals surface area contributed by atoms with Crippen molar-refractivity contribution in [2.75, 3.05) is 6.61 Å². The fraction of sp³-hybridized carbons (Fsp3) is 0.455. The number of hydrogen-bond donors (Lipinski definition) is 1. The summed E-state index contributed by atoms with van der Waals surface area (Å²) in [5.41, 5.74) is 5.73. The molecule has 0 unspecified atom stereocenters. The predicted molar refractivity (Wildman–Crippen MR) is 66.0 cm³/mol. The third kappa shape index (κ3) is 4.68. The Labute approximate surface area is 105 Å². The van der Waals surface area contributed by atoms with Crippen molar-refractivity contribution in [2.45, 2.75) is 26.0 Å². The van der Waals surface area contributed by atoms with Crippen molar-refractivity contribution in [1.29, 1.82) is 0 Å². The molecule has 17 heavy (non-hydrogen) atoms. The highest BCUT2D eigenvalue weighted by Crippen LogP contribution is 2.23. The maximum Gasteiger partial charge on any atom is 0.275 e. The zero-order chi connectivity index (χ0) is 13.1. The summed E-state index contributed by atoms with van der Waals surface area (Å²) in [5.74, 6) is 0. The smallest absolute Gasteiger partial charge is 0.275 e. The molecule has 0 radical (unpaired) electrons. The molecule has 0 saturated heterocycles. The van der Waals surface area contributed by atoms with Crippen LogP contribution in [0.15, 0.2) is 18.2 Å². The molecule has 0 aliphatic rings. The predicted octanol–water partition coefficient (Wildman–Crippen LogP) is 2.50. The Kier molecular flexibility index (Phi) is 4.45. The molecule has 0 aliphatic carbocycles. The molecule has 0 amide bonds. The molecule has 0 fully saturated rings. The highest BCUT2D eigenvalue weighted by atomic mass is 35.5. The summed E-state index contributed by atoms with van der Waals surface area (Å²) in [6, 6.07) is 4.38. The van der Waals surface area contributed by atoms with E-state index in [1.165, 1.54) is 18.2 Å². The molecule has 0 bridgehead atoms. The Morgan fingerprint density at radius 1 is 1.53 bits per heavy atom. The lowest BCUT2D eigenvalue weighted by Crippen LogP contribution is -2.37. The number of nitro groups is 1. The summed E-state index contributed by atoms with van der Waals surface area (Å²) >= 11 is 5.79. The highest BCUT2D eigenvalue weighted by Gasteiger charge is 2.16. The van der Waals surface area contributed by atoms with Gasteiger partial charge < -0.3 is 10.5 Å². The average molecular weight is 259 g/mol. The number of ether oxygens (including phenoxy) is 1. The number of hydrogen-bond acceptors (Lipinski definition) is 4. The van der Waals surface area contributed by atoms with Crippen LogP contribution in [0.5, 0.6) is 0 Å². The second kappa shape index (κ2) is 5.44. The molecule has 94 valence electrons. The van der Waals surface area contributed by atoms with E-state index in [1.807, 2.05) is 13.8 Å². The average Bonchev–Trinajstić information content (AvgIpc) is 2.15. The first-order valence-corrected chi connectivity index (χ1v) is 5.47. The lowest BCUT2D eigenvalue weighted by molar-refractivity contribution is -0.386. The lowest BCUT2D eigenvalue weighted by atomic mass is 10.1. The summed E-state index contributed by atoms with van der Waals surface area (Å²) < 4.78 is 5.34. The van der Waals surface area contributed by atoms with Crippen molar-refractivity contribution in [1.82, 2.24) is 0 Å². The number of halogens is 1. The van der Waals surface area contributed by atoms with Crippen LogP contribution in [0.1, 0.15) is 19.4 Å². The molecule has 0 aromatic heterocycles. The summed E-state index contributed by atoms with van der Waals surface area (Å²) in [6.45, 7) is 4.08. The van der Waals surface area contributed by atoms with Crippen LogP contribution >= 0.6 is 11.6 Å². The number of nitrogens with zero attached hydrogens (tertiary/aromatic N) is 1. The third-order valence-corrected chi connectivity index (χ3v) is 2.20. The van der Waals surface area contributed by atoms with Gasteiger partial charge in [-0.15, -0.1) is 0 Å². The minimum atomic E-state index is -0.465. The molecule has 2 N–H and O–H groups in total. The molecule has 1 aromatic carbocycles. The van der Waals surface area contributed by atoms with Crippen LogP contribution in [0.3, 0.4) is 0 Å². The number of benzene rings is 1. The van der Waals surface area contributed by atoms with Crippen LogP contribution in [0.25, 0.3) is 0 Å². The van der Waals surface area contributed by atoms with E-state index in [0.717, 1.165) is 0 Å². The molecular weight excluding hydrogens is 244 g/mol. The Bertz CT molecular complexity index is 416. The summed E-state index contributed by atoms with van der Waals surface area (Å²) in [7, 11) is 0. The molecule has 1 aromatic rings. The zero-order valence-corrected chi connectivity index (χ0v) is 10.5. The number of nitro benzene ring substituents is 1. The quantitative estimate of drug-likeness (QED) is 0.650. The largest absolute Gasteiger partial charge is 0.375 e. The van der Waals surface area contributed by atoms with E-state index < -0.39 is 10.5 Å². The second-order valence-electron chi connectivity index (χ2n) is 4.51. The molecule has 0 heterocycles. The maximum absolute atomic E-state index is 10.8. The Morgan fingerprint density at radius 3 is 2.71 bits per heavy atom. The SMILES string of the molecule is CC(C)(N)COCc1cc(Cl)ccc1[N+](=O)[O-]. The van der Waals surface area contributed by atoms with Crippen molar-refractivity contribution in [3.05, 3.63) is 38.9 Å². The van der Waals surface area contributed by atoms with E-state index in [2.05, 4.69) is 0 Å². The second-order valence-corrected chi connectivity index (χ2v) is 4.95. The van der Waals surface area contributed by atoms with Crippen molar-refractivity contribution >= 4 is 17.3 Å². The first-order valence-electron chi connectivity index (χ1n) is 5.09. The van der Waals surface area contributed by atoms with Gasteiger partial charge in [0.05, 0.1) is 23.7 Å². The zero-order valence-electron chi connectivity index (χ0n) is 9.77. The summed E-state index contributed by atoms with van der Waals surface area (Å²) in [6.07, 6.45) is 0. The van der Waals surface area contributed by atoms with Crippen molar-refractivity contribution in [2.24, 2.45) is 5.73 Å². The fourth-order valence-corrected chi connectivity index (χ4v) is 1.47. The molecular formula is C11H15ClN2O3. The third-order valence-electron chi connectivity index (χ3n) is 1.97. The van der Waals surface area contributed by atoms with Gasteiger partial charge in [0.15, 0.2) is 0 Å². The summed E-state index contributed by atoms with van der Waals surface area (Å²) in [4.78, 5) is 10.3. The number of nitrogens with two attached hydrogens (primary N) is 1. The van der Waals surface area contributed by atoms with E-state index in [9.17, 15) is 10.1 Å². The van der Waals surface area contributed by atoms with Gasteiger partial charge in [0, 0.05) is 16.6 Å². The van der Waals surface area contributed by atoms with Gasteiger partial charge in [-0.25, -0.2) is 0 Å². The standard InChI is InChI=1S/C11H15ClN2O3/c1-11(2,13)7-17-6-8-5-9(12)3-4-10(8)14(15)16/h3-5H,6-7,13H2,1-2H3. The molecule has 0 atom stereocenters. The van der Waals surface area contributed by atoms with Crippen molar-refractivity contribution in [3.8, 4) is 0 Å². The maximum atomic E-state index is 10.8. The van der Waals surface area contributed by atoms with E-state index in [0.29, 0.717) is 17.2 Å². The number of rotatable bonds is 5. The highest BCUT2D eigenvalue weighted by molar-refractivity contribution is 6.30. The van der Waals surface area contributed by atoms with Crippen LogP contribution in [-0.2, 0) is 11.3 Å². The van der Waals surface area contributed by atoms with E-state index >= 15 is 0 Å². The van der Waals surface area contributed by atoms with Crippen molar-refractivity contribution < 1.29 is 9.66 Å². The minimum absolute atomic E-state index is 0.00391. The van der Waals surface area contributed by atoms with Gasteiger partial charge in [-0.3, -0.25) is 10.1 Å². The first-order chi connectivity index (χ1) is 7.79. The molecule has 0 spiro atoms. The van der Waals surface area contributed by atoms with E-state index in [-0.39, 0.29) is 12.3 Å². The van der Waals surface area contributed by atoms with Gasteiger partial charge >= 0.3 is 0 Å². The lowest BCUT2D eigenvalue weighted by Gasteiger charge is -2.18. The van der Waals surface area contributed by atoms with Crippen LogP contribution in [0, 0.1) is 10.1 Å². The molecule has 0 aliphatic heterocycles. The Hall–Kier alpha value is -1.17. The summed E-state index contributed by atoms with van der Waals surface area (Å²) in [5, 5.41) is 11.2. The van der Waals surface area contributed by atoms with Gasteiger partial charge in [0.2, 0.25) is 0 Å². The normalized spacial score (nSPS) is 11.5. The monoisotopic (exact) mass is 258 g/mol. The molecule has 0 saturated carbocycles. The Balaban J connectivity index is 2.75. The molecule has 1 rings (SSSR count). The van der Waals surface area contributed by atoms with Crippen LogP contribution in [-0.4, -0.2) is 17.1 Å². The molecule has 6 heteroatoms. The topological polar surface area (TPSA) is 78.4 Å². The first kappa shape index (κ1) is 13.9. The van der Waals surface area contributed by atoms with Crippen molar-refractivity contribution in [3.63, 3.8) is 0 Å². The van der Waals surface area contributed by atoms with Crippen LogP contribution in [0.4, 0.5) is 5.69 Å². The van der Waals surface area contributed by atoms with Gasteiger partial charge in [0.1, 0.15) is 0 Å². The van der Waals surface area contributed by atoms with Gasteiger partial charge in [-0.1, -0.05) is 11.6 Å². The Morgan fingerprint density at radius 2 is 2.18 bits per heavy atom. The molecule has 5 nitrogen and oxygen atoms in total. The van der Waals surface area contributed by atoms with E-state index in [1.54, 1.807) is 0 Å². The van der Waals surface area contributed by atoms with Gasteiger partial charge in [-0.05, 0) is 26.0 Å². The minimum Gasteiger partial charge on any atom is -0.375 e. The van der Waals surface area contributed by atoms with E-state index in [4.69, 9.17) is 22.1 Å². The van der Waals surface area contributed by atoms with Gasteiger partial charge in [-0.2, -0.15) is 0 Å². The van der Waals surface area contributed by atoms with Crippen LogP contribution in [0.2, 0.25) is 5.02 Å². The van der Waals surface area contributed by atoms with Gasteiger partial charge in [0.25, 0.3) is 5.69 Å². The fourth-order valence-electron chi connectivity index (χ4n) is 1.27. The van der Waals surface area contributed by atoms with Crippen LogP contribution < -0.4 is 5.73 Å².